The Morgan fingerprint density at radius 3 is 2.26 bits per heavy atom. The van der Waals surface area contributed by atoms with Crippen molar-refractivity contribution in [3.63, 3.8) is 0 Å². The highest BCUT2D eigenvalue weighted by molar-refractivity contribution is 7.80. The fourth-order valence-electron chi connectivity index (χ4n) is 4.19. The van der Waals surface area contributed by atoms with E-state index < -0.39 is 70.3 Å². The van der Waals surface area contributed by atoms with Gasteiger partial charge in [-0.25, -0.2) is 19.6 Å². The Kier molecular flexibility index (Phi) is 13.3. The number of β-lactam (4-membered cyclic amide) rings is 1. The van der Waals surface area contributed by atoms with Crippen LogP contribution in [0.4, 0.5) is 24.3 Å². The van der Waals surface area contributed by atoms with Crippen molar-refractivity contribution in [1.29, 1.82) is 0 Å². The predicted octanol–water partition coefficient (Wildman–Crippen LogP) is 0.246. The third kappa shape index (κ3) is 11.2. The van der Waals surface area contributed by atoms with Crippen LogP contribution >= 0.6 is 11.3 Å². The number of hydrogen-bond donors (Lipinski definition) is 7. The topological polar surface area (TPSA) is 327 Å². The van der Waals surface area contributed by atoms with Crippen LogP contribution in [-0.2, 0) is 45.2 Å². The number of alkyl halides is 3. The highest BCUT2D eigenvalue weighted by Crippen LogP contribution is 2.33. The smallest absolute Gasteiger partial charge is 0.489 e. The van der Waals surface area contributed by atoms with Crippen molar-refractivity contribution in [2.45, 2.75) is 50.7 Å². The average Bonchev–Trinajstić information content (AvgIpc) is 3.66. The lowest BCUT2D eigenvalue weighted by atomic mass is 9.84. The number of imidazole rings is 1. The van der Waals surface area contributed by atoms with Gasteiger partial charge in [-0.2, -0.15) is 26.7 Å². The number of aromatic nitrogens is 3. The van der Waals surface area contributed by atoms with Crippen LogP contribution in [0.2, 0.25) is 0 Å². The quantitative estimate of drug-likeness (QED) is 0.0469. The number of aryl methyl sites for hydroxylation is 1. The van der Waals surface area contributed by atoms with E-state index in [1.54, 1.807) is 35.0 Å². The first-order valence-corrected chi connectivity index (χ1v) is 16.9. The summed E-state index contributed by atoms with van der Waals surface area (Å²) in [4.78, 5) is 60.0. The van der Waals surface area contributed by atoms with Crippen LogP contribution in [0.15, 0.2) is 41.0 Å². The summed E-state index contributed by atoms with van der Waals surface area (Å²) in [5, 5.41) is 24.7. The van der Waals surface area contributed by atoms with Crippen LogP contribution in [0.5, 0.6) is 5.75 Å². The van der Waals surface area contributed by atoms with Gasteiger partial charge in [-0.3, -0.25) is 14.1 Å². The summed E-state index contributed by atoms with van der Waals surface area (Å²) in [5.74, 6) is -5.62. The number of nitrogens with one attached hydrogen (secondary N) is 1. The number of benzene rings is 1. The maximum atomic E-state index is 13.2. The number of carbonyl (C=O) groups excluding carboxylic acids is 2. The van der Waals surface area contributed by atoms with Crippen molar-refractivity contribution in [3.05, 3.63) is 41.5 Å². The minimum absolute atomic E-state index is 0.0508. The Morgan fingerprint density at radius 1 is 1.15 bits per heavy atom. The molecule has 0 aliphatic carbocycles. The zero-order chi connectivity index (χ0) is 39.9. The van der Waals surface area contributed by atoms with E-state index in [4.69, 9.17) is 41.2 Å². The van der Waals surface area contributed by atoms with Gasteiger partial charge in [0.1, 0.15) is 24.1 Å². The zero-order valence-electron chi connectivity index (χ0n) is 27.4. The molecular formula is C27H32F3N9O12S2. The summed E-state index contributed by atoms with van der Waals surface area (Å²) < 4.78 is 74.5. The molecule has 2 aromatic heterocycles. The molecule has 26 heteroatoms. The lowest BCUT2D eigenvalue weighted by molar-refractivity contribution is -0.218. The van der Waals surface area contributed by atoms with Gasteiger partial charge in [-0.05, 0) is 51.1 Å². The number of nitrogens with two attached hydrogens (primary N) is 3. The Labute approximate surface area is 301 Å². The molecule has 2 unspecified atom stereocenters. The van der Waals surface area contributed by atoms with Gasteiger partial charge in [-0.1, -0.05) is 5.16 Å². The molecule has 0 spiro atoms. The van der Waals surface area contributed by atoms with Gasteiger partial charge in [0.2, 0.25) is 5.95 Å². The molecule has 3 aromatic rings. The van der Waals surface area contributed by atoms with Crippen molar-refractivity contribution in [3.8, 4) is 17.0 Å². The Hall–Kier alpha value is -5.57. The molecule has 1 aromatic carbocycles. The summed E-state index contributed by atoms with van der Waals surface area (Å²) in [7, 11) is -5.02. The number of anilines is 2. The van der Waals surface area contributed by atoms with Crippen LogP contribution in [0, 0.1) is 0 Å². The first-order chi connectivity index (χ1) is 24.5. The summed E-state index contributed by atoms with van der Waals surface area (Å²) in [6, 6.07) is 5.27. The van der Waals surface area contributed by atoms with Gasteiger partial charge in [0.25, 0.3) is 17.9 Å². The minimum Gasteiger partial charge on any atom is -0.489 e. The molecule has 1 aliphatic heterocycles. The molecule has 2 amide bonds. The second kappa shape index (κ2) is 16.8. The Morgan fingerprint density at radius 2 is 1.77 bits per heavy atom. The molecule has 2 atom stereocenters. The average molecular weight is 796 g/mol. The van der Waals surface area contributed by atoms with Crippen molar-refractivity contribution >= 4 is 62.3 Å². The Bertz CT molecular complexity index is 1950. The standard InChI is InChI=1S/C25H31N9O10S2.C2HF3O2/c1-25(2)19(21(36)34(25)44-46(39,40)41)31-20(35)18(16-12-45-24(28)30-16)32-43-17(22(37)38)11-42-14-6-4-13(5-7-14)15-10-33(9-3-8-26)23(27)29-15;3-2(4,5)1(6)7/h4-7,10,12,17,19H,3,8-9,11,26H2,1-2H3,(H2,27,29)(H2,28,30)(H,31,35)(H,37,38)(H,39,40,41);(H,6,7). The number of nitrogen functional groups attached to an aromatic ring is 2. The lowest BCUT2D eigenvalue weighted by Crippen LogP contribution is -2.76. The van der Waals surface area contributed by atoms with Crippen LogP contribution in [0.3, 0.4) is 0 Å². The number of ether oxygens (including phenoxy) is 1. The van der Waals surface area contributed by atoms with E-state index in [9.17, 15) is 41.1 Å². The van der Waals surface area contributed by atoms with E-state index in [1.165, 1.54) is 19.2 Å². The number of carboxylic acid groups (broad SMARTS) is 2. The zero-order valence-corrected chi connectivity index (χ0v) is 29.0. The molecule has 3 heterocycles. The largest absolute Gasteiger partial charge is 0.490 e. The van der Waals surface area contributed by atoms with E-state index in [0.717, 1.165) is 23.3 Å². The molecule has 21 nitrogen and oxygen atoms in total. The van der Waals surface area contributed by atoms with Gasteiger partial charge in [0, 0.05) is 23.7 Å². The van der Waals surface area contributed by atoms with Crippen molar-refractivity contribution in [2.75, 3.05) is 24.6 Å². The number of halogens is 3. The lowest BCUT2D eigenvalue weighted by Gasteiger charge is -2.50. The van der Waals surface area contributed by atoms with Gasteiger partial charge in [0.15, 0.2) is 10.8 Å². The van der Waals surface area contributed by atoms with E-state index in [1.807, 2.05) is 0 Å². The molecule has 1 aliphatic rings. The molecule has 0 radical (unpaired) electrons. The summed E-state index contributed by atoms with van der Waals surface area (Å²) >= 11 is 0.951. The molecule has 290 valence electrons. The fourth-order valence-corrected chi connectivity index (χ4v) is 5.19. The SMILES string of the molecule is CC1(C)C(NC(=O)C(=NOC(COc2ccc(-c3cn(CCCN)c(N)n3)cc2)C(=O)O)c2csc(N)n2)C(=O)N1OS(=O)(=O)O.O=C(O)C(F)(F)F. The molecule has 10 N–H and O–H groups in total. The predicted molar refractivity (Wildman–Crippen MR) is 176 cm³/mol. The van der Waals surface area contributed by atoms with Crippen molar-refractivity contribution in [2.24, 2.45) is 10.9 Å². The van der Waals surface area contributed by atoms with Crippen LogP contribution in [0.25, 0.3) is 11.3 Å². The Balaban J connectivity index is 0.000000980. The summed E-state index contributed by atoms with van der Waals surface area (Å²) in [6.45, 7) is 3.32. The molecule has 0 bridgehead atoms. The monoisotopic (exact) mass is 795 g/mol. The van der Waals surface area contributed by atoms with E-state index in [2.05, 4.69) is 24.7 Å². The number of hydroxylamine groups is 2. The first kappa shape index (κ1) is 41.8. The number of nitrogens with zero attached hydrogens (tertiary/aromatic N) is 5. The van der Waals surface area contributed by atoms with Gasteiger partial charge in [-0.15, -0.1) is 15.6 Å². The minimum atomic E-state index is -5.08. The first-order valence-electron chi connectivity index (χ1n) is 14.6. The van der Waals surface area contributed by atoms with Crippen LogP contribution < -0.4 is 27.3 Å². The molecular weight excluding hydrogens is 763 g/mol. The van der Waals surface area contributed by atoms with Crippen molar-refractivity contribution < 1.29 is 69.4 Å². The molecule has 0 saturated carbocycles. The highest BCUT2D eigenvalue weighted by atomic mass is 32.3. The number of carboxylic acids is 2. The molecule has 1 fully saturated rings. The number of hydrogen-bond acceptors (Lipinski definition) is 16. The summed E-state index contributed by atoms with van der Waals surface area (Å²) in [6.07, 6.45) is -4.25. The third-order valence-electron chi connectivity index (χ3n) is 6.85. The molecule has 4 rings (SSSR count). The number of carbonyl (C=O) groups is 4. The van der Waals surface area contributed by atoms with Gasteiger partial charge < -0.3 is 46.9 Å². The third-order valence-corrected chi connectivity index (χ3v) is 7.86. The van der Waals surface area contributed by atoms with E-state index in [-0.39, 0.29) is 10.8 Å². The maximum absolute atomic E-state index is 13.2. The van der Waals surface area contributed by atoms with E-state index in [0.29, 0.717) is 35.5 Å². The van der Waals surface area contributed by atoms with Gasteiger partial charge in [0.05, 0.1) is 11.2 Å². The van der Waals surface area contributed by atoms with Gasteiger partial charge >= 0.3 is 28.5 Å². The van der Waals surface area contributed by atoms with Crippen LogP contribution in [-0.4, -0.2) is 109 Å². The number of aliphatic carboxylic acids is 2. The molecule has 1 saturated heterocycles. The fraction of sp³-hybridized carbons (Fsp3) is 0.370. The van der Waals surface area contributed by atoms with Crippen LogP contribution in [0.1, 0.15) is 26.0 Å². The second-order valence-corrected chi connectivity index (χ2v) is 13.0. The normalized spacial score (nSPS) is 16.1. The highest BCUT2D eigenvalue weighted by Gasteiger charge is 2.58. The van der Waals surface area contributed by atoms with Crippen molar-refractivity contribution in [1.82, 2.24) is 24.9 Å². The maximum Gasteiger partial charge on any atom is 0.490 e. The number of amides is 2. The second-order valence-electron chi connectivity index (χ2n) is 11.1. The summed E-state index contributed by atoms with van der Waals surface area (Å²) in [5.41, 5.74) is 16.5. The van der Waals surface area contributed by atoms with E-state index >= 15 is 0 Å². The number of thiazole rings is 1. The molecule has 53 heavy (non-hydrogen) atoms. The number of oxime groups is 1. The number of rotatable bonds is 15.